The first-order valence-electron chi connectivity index (χ1n) is 11.5. The number of nitrogens with two attached hydrogens (primary N) is 1. The molecule has 178 valence electrons. The van der Waals surface area contributed by atoms with Gasteiger partial charge in [0.05, 0.1) is 25.9 Å². The number of aliphatic hydroxyl groups is 2. The van der Waals surface area contributed by atoms with E-state index in [-0.39, 0.29) is 12.1 Å². The number of methoxy groups -OCH3 is 2. The molecule has 0 bridgehead atoms. The summed E-state index contributed by atoms with van der Waals surface area (Å²) >= 11 is 0. The molecule has 4 atom stereocenters. The summed E-state index contributed by atoms with van der Waals surface area (Å²) in [5.41, 5.74) is 7.57. The van der Waals surface area contributed by atoms with Crippen LogP contribution in [0.3, 0.4) is 0 Å². The predicted molar refractivity (Wildman–Crippen MR) is 123 cm³/mol. The Morgan fingerprint density at radius 2 is 1.97 bits per heavy atom. The lowest BCUT2D eigenvalue weighted by Crippen LogP contribution is -2.44. The van der Waals surface area contributed by atoms with Gasteiger partial charge in [0, 0.05) is 45.8 Å². The fourth-order valence-corrected chi connectivity index (χ4v) is 4.12. The van der Waals surface area contributed by atoms with Gasteiger partial charge in [0.25, 0.3) is 0 Å². The van der Waals surface area contributed by atoms with Gasteiger partial charge in [-0.05, 0) is 48.8 Å². The van der Waals surface area contributed by atoms with Crippen LogP contribution in [0.5, 0.6) is 11.5 Å². The van der Waals surface area contributed by atoms with Crippen molar-refractivity contribution in [3.05, 3.63) is 23.8 Å². The van der Waals surface area contributed by atoms with E-state index in [0.29, 0.717) is 38.1 Å². The molecule has 4 N–H and O–H groups in total. The van der Waals surface area contributed by atoms with Crippen molar-refractivity contribution in [2.24, 2.45) is 17.6 Å². The van der Waals surface area contributed by atoms with Crippen molar-refractivity contribution in [3.63, 3.8) is 0 Å². The number of hydrogen-bond donors (Lipinski definition) is 3. The topological polar surface area (TPSA) is 97.4 Å². The molecule has 1 aliphatic rings. The number of rotatable bonds is 14. The highest BCUT2D eigenvalue weighted by atomic mass is 16.5. The number of nitrogens with zero attached hydrogens (tertiary/aromatic N) is 1. The normalized spacial score (nSPS) is 20.1. The van der Waals surface area contributed by atoms with E-state index in [0.717, 1.165) is 43.7 Å². The van der Waals surface area contributed by atoms with Crippen LogP contribution in [-0.2, 0) is 11.2 Å². The van der Waals surface area contributed by atoms with Crippen LogP contribution < -0.4 is 15.2 Å². The molecule has 7 nitrogen and oxygen atoms in total. The molecule has 0 aromatic heterocycles. The molecule has 0 saturated carbocycles. The molecule has 0 aliphatic carbocycles. The van der Waals surface area contributed by atoms with Gasteiger partial charge in [0.15, 0.2) is 11.5 Å². The van der Waals surface area contributed by atoms with E-state index >= 15 is 0 Å². The van der Waals surface area contributed by atoms with Crippen LogP contribution in [0.1, 0.15) is 38.7 Å². The first-order valence-corrected chi connectivity index (χ1v) is 11.5. The summed E-state index contributed by atoms with van der Waals surface area (Å²) in [4.78, 5) is 2.09. The Labute approximate surface area is 187 Å². The molecule has 0 spiro atoms. The van der Waals surface area contributed by atoms with E-state index in [9.17, 15) is 10.2 Å². The molecule has 1 fully saturated rings. The second kappa shape index (κ2) is 13.2. The first kappa shape index (κ1) is 25.9. The minimum atomic E-state index is -0.595. The van der Waals surface area contributed by atoms with Crippen LogP contribution in [0, 0.1) is 11.8 Å². The van der Waals surface area contributed by atoms with Crippen LogP contribution in [-0.4, -0.2) is 80.4 Å². The van der Waals surface area contributed by atoms with Crippen molar-refractivity contribution in [1.82, 2.24) is 4.90 Å². The molecule has 0 amide bonds. The minimum Gasteiger partial charge on any atom is -0.493 e. The van der Waals surface area contributed by atoms with Crippen LogP contribution in [0.15, 0.2) is 18.2 Å². The summed E-state index contributed by atoms with van der Waals surface area (Å²) in [5.74, 6) is 2.24. The number of likely N-dealkylation sites (tertiary alicyclic amines) is 1. The Bertz CT molecular complexity index is 642. The van der Waals surface area contributed by atoms with Crippen LogP contribution in [0.4, 0.5) is 0 Å². The zero-order valence-corrected chi connectivity index (χ0v) is 19.6. The molecule has 1 aromatic carbocycles. The second-order valence-corrected chi connectivity index (χ2v) is 9.06. The maximum Gasteiger partial charge on any atom is 0.161 e. The zero-order valence-electron chi connectivity index (χ0n) is 19.6. The smallest absolute Gasteiger partial charge is 0.161 e. The molecule has 0 unspecified atom stereocenters. The fraction of sp³-hybridized carbons (Fsp3) is 0.750. The van der Waals surface area contributed by atoms with E-state index in [1.54, 1.807) is 14.2 Å². The van der Waals surface area contributed by atoms with Gasteiger partial charge < -0.3 is 30.2 Å². The molecular formula is C24H42N2O5. The average Bonchev–Trinajstić information content (AvgIpc) is 3.15. The van der Waals surface area contributed by atoms with Gasteiger partial charge in [-0.25, -0.2) is 0 Å². The lowest BCUT2D eigenvalue weighted by molar-refractivity contribution is 0.0823. The van der Waals surface area contributed by atoms with Crippen molar-refractivity contribution in [3.8, 4) is 11.5 Å². The third-order valence-electron chi connectivity index (χ3n) is 6.18. The van der Waals surface area contributed by atoms with Crippen molar-refractivity contribution in [2.45, 2.75) is 57.8 Å². The zero-order chi connectivity index (χ0) is 22.8. The van der Waals surface area contributed by atoms with E-state index in [1.807, 2.05) is 6.07 Å². The van der Waals surface area contributed by atoms with Crippen LogP contribution in [0.2, 0.25) is 0 Å². The quantitative estimate of drug-likeness (QED) is 0.383. The van der Waals surface area contributed by atoms with Crippen molar-refractivity contribution in [2.75, 3.05) is 47.1 Å². The second-order valence-electron chi connectivity index (χ2n) is 9.06. The molecule has 31 heavy (non-hydrogen) atoms. The average molecular weight is 439 g/mol. The van der Waals surface area contributed by atoms with Crippen molar-refractivity contribution in [1.29, 1.82) is 0 Å². The van der Waals surface area contributed by atoms with Gasteiger partial charge in [-0.15, -0.1) is 0 Å². The van der Waals surface area contributed by atoms with Gasteiger partial charge in [0.1, 0.15) is 0 Å². The predicted octanol–water partition coefficient (Wildman–Crippen LogP) is 2.07. The number of β-amino-alcohol motifs (C(OH)–C–C–N with tert-alkyl or cyclic N) is 2. The standard InChI is InChI=1S/C24H42N2O5/c1-17(2)19(14-21(25)22(28)16-26-9-8-20(27)15-26)12-18-6-7-23(30-4)24(13-18)31-11-5-10-29-3/h6-7,13,17,19-22,27-28H,5,8-12,14-16,25H2,1-4H3/t19-,20-,21-,22-/m0/s1. The summed E-state index contributed by atoms with van der Waals surface area (Å²) in [6.07, 6.45) is 2.31. The van der Waals surface area contributed by atoms with E-state index in [2.05, 4.69) is 30.9 Å². The van der Waals surface area contributed by atoms with E-state index in [1.165, 1.54) is 5.56 Å². The lowest BCUT2D eigenvalue weighted by Gasteiger charge is -2.29. The highest BCUT2D eigenvalue weighted by Crippen LogP contribution is 2.31. The highest BCUT2D eigenvalue weighted by molar-refractivity contribution is 5.43. The molecule has 7 heteroatoms. The SMILES string of the molecule is COCCCOc1cc(C[C@@H](C[C@H](N)[C@@H](O)CN2CC[C@H](O)C2)C(C)C)ccc1OC. The Hall–Kier alpha value is -1.38. The van der Waals surface area contributed by atoms with Crippen LogP contribution >= 0.6 is 0 Å². The molecule has 1 heterocycles. The number of benzene rings is 1. The summed E-state index contributed by atoms with van der Waals surface area (Å²) in [6.45, 7) is 7.59. The van der Waals surface area contributed by atoms with Gasteiger partial charge in [-0.3, -0.25) is 4.90 Å². The Morgan fingerprint density at radius 1 is 1.19 bits per heavy atom. The fourth-order valence-electron chi connectivity index (χ4n) is 4.12. The first-order chi connectivity index (χ1) is 14.8. The Balaban J connectivity index is 1.96. The molecule has 1 aliphatic heterocycles. The van der Waals surface area contributed by atoms with E-state index in [4.69, 9.17) is 19.9 Å². The molecule has 1 saturated heterocycles. The van der Waals surface area contributed by atoms with Crippen molar-refractivity contribution >= 4 is 0 Å². The summed E-state index contributed by atoms with van der Waals surface area (Å²) in [7, 11) is 3.33. The number of ether oxygens (including phenoxy) is 3. The van der Waals surface area contributed by atoms with E-state index < -0.39 is 6.10 Å². The third kappa shape index (κ3) is 8.58. The van der Waals surface area contributed by atoms with Gasteiger partial charge >= 0.3 is 0 Å². The Kier molecular flexibility index (Phi) is 11.0. The minimum absolute atomic E-state index is 0.284. The summed E-state index contributed by atoms with van der Waals surface area (Å²) in [6, 6.07) is 5.78. The summed E-state index contributed by atoms with van der Waals surface area (Å²) < 4.78 is 16.4. The monoisotopic (exact) mass is 438 g/mol. The number of aliphatic hydroxyl groups excluding tert-OH is 2. The van der Waals surface area contributed by atoms with Crippen LogP contribution in [0.25, 0.3) is 0 Å². The maximum absolute atomic E-state index is 10.6. The lowest BCUT2D eigenvalue weighted by atomic mass is 9.83. The van der Waals surface area contributed by atoms with Gasteiger partial charge in [-0.1, -0.05) is 19.9 Å². The Morgan fingerprint density at radius 3 is 2.58 bits per heavy atom. The molecule has 1 aromatic rings. The summed E-state index contributed by atoms with van der Waals surface area (Å²) in [5, 5.41) is 20.3. The molecule has 0 radical (unpaired) electrons. The molecule has 2 rings (SSSR count). The van der Waals surface area contributed by atoms with Gasteiger partial charge in [0.2, 0.25) is 0 Å². The largest absolute Gasteiger partial charge is 0.493 e. The van der Waals surface area contributed by atoms with Gasteiger partial charge in [-0.2, -0.15) is 0 Å². The third-order valence-corrected chi connectivity index (χ3v) is 6.18. The number of hydrogen-bond acceptors (Lipinski definition) is 7. The van der Waals surface area contributed by atoms with Crippen molar-refractivity contribution < 1.29 is 24.4 Å². The highest BCUT2D eigenvalue weighted by Gasteiger charge is 2.27. The maximum atomic E-state index is 10.6. The molecular weight excluding hydrogens is 396 g/mol.